The van der Waals surface area contributed by atoms with E-state index in [9.17, 15) is 0 Å². The fraction of sp³-hybridized carbons (Fsp3) is 0. The molecule has 0 spiro atoms. The molecule has 0 amide bonds. The summed E-state index contributed by atoms with van der Waals surface area (Å²) in [4.78, 5) is 15.9. The summed E-state index contributed by atoms with van der Waals surface area (Å²) >= 11 is 0. The van der Waals surface area contributed by atoms with Crippen LogP contribution in [-0.4, -0.2) is 28.7 Å². The minimum Gasteiger partial charge on any atom is -0.309 e. The molecule has 0 fully saturated rings. The third kappa shape index (κ3) is 4.74. The van der Waals surface area contributed by atoms with E-state index in [1.807, 2.05) is 18.2 Å². The van der Waals surface area contributed by atoms with Gasteiger partial charge in [-0.15, -0.1) is 0 Å². The van der Waals surface area contributed by atoms with Gasteiger partial charge in [-0.3, -0.25) is 4.57 Å². The van der Waals surface area contributed by atoms with Gasteiger partial charge in [0, 0.05) is 54.8 Å². The van der Waals surface area contributed by atoms with Crippen molar-refractivity contribution in [1.29, 1.82) is 0 Å². The van der Waals surface area contributed by atoms with Crippen molar-refractivity contribution in [3.63, 3.8) is 0 Å². The van der Waals surface area contributed by atoms with Crippen LogP contribution in [0.15, 0.2) is 194 Å². The highest BCUT2D eigenvalue weighted by Crippen LogP contribution is 2.42. The first-order valence-corrected chi connectivity index (χ1v) is 19.2. The zero-order valence-corrected chi connectivity index (χ0v) is 30.7. The summed E-state index contributed by atoms with van der Waals surface area (Å²) in [5, 5.41) is 6.95. The Morgan fingerprint density at radius 3 is 1.33 bits per heavy atom. The molecule has 0 unspecified atom stereocenters. The first kappa shape index (κ1) is 31.5. The van der Waals surface area contributed by atoms with Gasteiger partial charge in [-0.05, 0) is 60.7 Å². The lowest BCUT2D eigenvalue weighted by atomic mass is 10.1. The Balaban J connectivity index is 1.18. The molecule has 8 aromatic carbocycles. The van der Waals surface area contributed by atoms with Crippen LogP contribution >= 0.6 is 0 Å². The van der Waals surface area contributed by atoms with Crippen LogP contribution in [0.3, 0.4) is 0 Å². The zero-order chi connectivity index (χ0) is 37.5. The Morgan fingerprint density at radius 1 is 0.281 bits per heavy atom. The van der Waals surface area contributed by atoms with Crippen LogP contribution in [0.2, 0.25) is 0 Å². The summed E-state index contributed by atoms with van der Waals surface area (Å²) in [6.45, 7) is 0. The molecule has 4 aromatic heterocycles. The highest BCUT2D eigenvalue weighted by atomic mass is 15.2. The number of benzene rings is 8. The van der Waals surface area contributed by atoms with Gasteiger partial charge in [-0.25, -0.2) is 4.98 Å². The summed E-state index contributed by atoms with van der Waals surface area (Å²) in [6, 6.07) is 68.3. The topological polar surface area (TPSA) is 53.5 Å². The summed E-state index contributed by atoms with van der Waals surface area (Å²) in [5.74, 6) is 1.79. The number of aromatic nitrogens is 6. The molecular weight excluding hydrogens is 697 g/mol. The predicted octanol–water partition coefficient (Wildman–Crippen LogP) is 12.5. The molecule has 0 aliphatic heterocycles. The van der Waals surface area contributed by atoms with Crippen LogP contribution in [0.5, 0.6) is 0 Å². The summed E-state index contributed by atoms with van der Waals surface area (Å²) in [5.41, 5.74) is 10.7. The largest absolute Gasteiger partial charge is 0.309 e. The zero-order valence-electron chi connectivity index (χ0n) is 30.7. The molecule has 0 saturated carbocycles. The molecule has 6 nitrogen and oxygen atoms in total. The van der Waals surface area contributed by atoms with E-state index in [4.69, 9.17) is 15.0 Å². The maximum atomic E-state index is 5.41. The first-order chi connectivity index (χ1) is 28.3. The smallest absolute Gasteiger partial charge is 0.238 e. The average molecular weight is 729 g/mol. The van der Waals surface area contributed by atoms with Crippen molar-refractivity contribution in [2.24, 2.45) is 0 Å². The maximum absolute atomic E-state index is 5.41. The van der Waals surface area contributed by atoms with Gasteiger partial charge in [0.2, 0.25) is 5.95 Å². The Morgan fingerprint density at radius 2 is 0.719 bits per heavy atom. The molecule has 266 valence electrons. The van der Waals surface area contributed by atoms with E-state index in [1.54, 1.807) is 0 Å². The predicted molar refractivity (Wildman–Crippen MR) is 234 cm³/mol. The molecule has 0 radical (unpaired) electrons. The molecule has 12 aromatic rings. The van der Waals surface area contributed by atoms with Gasteiger partial charge in [0.05, 0.1) is 33.1 Å². The van der Waals surface area contributed by atoms with Crippen molar-refractivity contribution < 1.29 is 0 Å². The molecular formula is C51H32N6. The molecule has 0 aliphatic rings. The van der Waals surface area contributed by atoms with Crippen molar-refractivity contribution in [3.8, 4) is 40.1 Å². The van der Waals surface area contributed by atoms with Crippen LogP contribution in [0.25, 0.3) is 106 Å². The third-order valence-electron chi connectivity index (χ3n) is 11.3. The summed E-state index contributed by atoms with van der Waals surface area (Å²) in [7, 11) is 0. The second-order valence-corrected chi connectivity index (χ2v) is 14.5. The van der Waals surface area contributed by atoms with Crippen LogP contribution in [0, 0.1) is 0 Å². The van der Waals surface area contributed by atoms with Crippen molar-refractivity contribution in [2.75, 3.05) is 0 Å². The third-order valence-corrected chi connectivity index (χ3v) is 11.3. The highest BCUT2D eigenvalue weighted by Gasteiger charge is 2.24. The second kappa shape index (κ2) is 12.3. The highest BCUT2D eigenvalue weighted by molar-refractivity contribution is 6.23. The number of rotatable bonds is 5. The van der Waals surface area contributed by atoms with Crippen LogP contribution in [0.4, 0.5) is 0 Å². The van der Waals surface area contributed by atoms with Crippen molar-refractivity contribution >= 4 is 65.4 Å². The molecule has 12 rings (SSSR count). The summed E-state index contributed by atoms with van der Waals surface area (Å²) < 4.78 is 6.97. The fourth-order valence-electron chi connectivity index (χ4n) is 8.83. The van der Waals surface area contributed by atoms with E-state index in [2.05, 4.69) is 190 Å². The van der Waals surface area contributed by atoms with Crippen molar-refractivity contribution in [1.82, 2.24) is 28.7 Å². The number of fused-ring (bicyclic) bond motifs is 10. The minimum atomic E-state index is 0.564. The van der Waals surface area contributed by atoms with Gasteiger partial charge in [-0.1, -0.05) is 133 Å². The molecule has 0 aliphatic carbocycles. The SMILES string of the molecule is c1ccc(-c2nc(-c3ccc4c(c3)c3ccccc3n4-c3ccccc3)nc(-n3c4ccccc4c4ccc5c6ccccc6n(-c6ccccc6)c5c43)n2)cc1. The lowest BCUT2D eigenvalue weighted by molar-refractivity contribution is 0.953. The molecule has 0 saturated heterocycles. The quantitative estimate of drug-likeness (QED) is 0.177. The maximum Gasteiger partial charge on any atom is 0.238 e. The molecule has 57 heavy (non-hydrogen) atoms. The van der Waals surface area contributed by atoms with Gasteiger partial charge < -0.3 is 9.13 Å². The van der Waals surface area contributed by atoms with E-state index in [1.165, 1.54) is 16.2 Å². The van der Waals surface area contributed by atoms with Crippen LogP contribution in [0.1, 0.15) is 0 Å². The Kier molecular flexibility index (Phi) is 6.83. The minimum absolute atomic E-state index is 0.564. The van der Waals surface area contributed by atoms with Gasteiger partial charge in [0.1, 0.15) is 0 Å². The normalized spacial score (nSPS) is 11.9. The van der Waals surface area contributed by atoms with E-state index in [-0.39, 0.29) is 0 Å². The van der Waals surface area contributed by atoms with E-state index < -0.39 is 0 Å². The van der Waals surface area contributed by atoms with Gasteiger partial charge in [0.15, 0.2) is 11.6 Å². The monoisotopic (exact) mass is 728 g/mol. The number of nitrogens with zero attached hydrogens (tertiary/aromatic N) is 6. The Bertz CT molecular complexity index is 3510. The van der Waals surface area contributed by atoms with Gasteiger partial charge in [-0.2, -0.15) is 9.97 Å². The standard InChI is InChI=1S/C51H32N6/c1-4-16-33(17-5-1)49-52-50(34-28-31-46-42(32-34)39-24-12-13-25-43(39)55(46)35-18-6-2-7-19-35)54-51(53-49)57-45-27-15-11-23-38(45)41-30-29-40-37-22-10-14-26-44(37)56(47(40)48(41)57)36-20-8-3-9-21-36/h1-32H. The van der Waals surface area contributed by atoms with Gasteiger partial charge in [0.25, 0.3) is 0 Å². The van der Waals surface area contributed by atoms with Crippen molar-refractivity contribution in [3.05, 3.63) is 194 Å². The molecule has 6 heteroatoms. The van der Waals surface area contributed by atoms with Crippen LogP contribution in [-0.2, 0) is 0 Å². The van der Waals surface area contributed by atoms with E-state index >= 15 is 0 Å². The number of hydrogen-bond acceptors (Lipinski definition) is 3. The molecule has 0 N–H and O–H groups in total. The lowest BCUT2D eigenvalue weighted by Crippen LogP contribution is -2.07. The lowest BCUT2D eigenvalue weighted by Gasteiger charge is -2.13. The molecule has 0 bridgehead atoms. The van der Waals surface area contributed by atoms with Gasteiger partial charge >= 0.3 is 0 Å². The Labute approximate surface area is 327 Å². The molecule has 4 heterocycles. The number of para-hydroxylation sites is 5. The second-order valence-electron chi connectivity index (χ2n) is 14.5. The van der Waals surface area contributed by atoms with E-state index in [0.29, 0.717) is 17.6 Å². The average Bonchev–Trinajstić information content (AvgIpc) is 3.93. The Hall–Kier alpha value is -7.83. The molecule has 0 atom stereocenters. The first-order valence-electron chi connectivity index (χ1n) is 19.2. The fourth-order valence-corrected chi connectivity index (χ4v) is 8.83. The van der Waals surface area contributed by atoms with Crippen LogP contribution < -0.4 is 0 Å². The van der Waals surface area contributed by atoms with Crippen molar-refractivity contribution in [2.45, 2.75) is 0 Å². The summed E-state index contributed by atoms with van der Waals surface area (Å²) in [6.07, 6.45) is 0. The van der Waals surface area contributed by atoms with E-state index in [0.717, 1.165) is 71.8 Å². The number of hydrogen-bond donors (Lipinski definition) is 0.